The van der Waals surface area contributed by atoms with Gasteiger partial charge in [-0.3, -0.25) is 9.10 Å². The van der Waals surface area contributed by atoms with E-state index >= 15 is 0 Å². The van der Waals surface area contributed by atoms with Crippen LogP contribution in [0.5, 0.6) is 11.5 Å². The van der Waals surface area contributed by atoms with E-state index in [2.05, 4.69) is 0 Å². The molecule has 8 heteroatoms. The maximum Gasteiger partial charge on any atom is 0.264 e. The summed E-state index contributed by atoms with van der Waals surface area (Å²) in [4.78, 5) is 15.4. The summed E-state index contributed by atoms with van der Waals surface area (Å²) in [6.45, 7) is 0.897. The molecule has 0 fully saturated rings. The van der Waals surface area contributed by atoms with Crippen LogP contribution in [0, 0.1) is 0 Å². The number of nitrogens with zero attached hydrogens (tertiary/aromatic N) is 2. The monoisotopic (exact) mass is 530 g/mol. The van der Waals surface area contributed by atoms with E-state index in [1.54, 1.807) is 35.2 Å². The minimum atomic E-state index is -3.88. The Balaban J connectivity index is 1.57. The number of ether oxygens (including phenoxy) is 2. The van der Waals surface area contributed by atoms with Crippen LogP contribution in [0.4, 0.5) is 5.69 Å². The van der Waals surface area contributed by atoms with Crippen molar-refractivity contribution in [3.63, 3.8) is 0 Å². The van der Waals surface area contributed by atoms with Gasteiger partial charge in [0.15, 0.2) is 11.5 Å². The molecular weight excluding hydrogens is 500 g/mol. The third-order valence-corrected chi connectivity index (χ3v) is 7.99. The second kappa shape index (κ2) is 11.8. The molecule has 4 aromatic rings. The van der Waals surface area contributed by atoms with E-state index in [4.69, 9.17) is 9.47 Å². The summed E-state index contributed by atoms with van der Waals surface area (Å²) in [5.41, 5.74) is 2.94. The van der Waals surface area contributed by atoms with Gasteiger partial charge in [0.2, 0.25) is 0 Å². The van der Waals surface area contributed by atoms with Crippen LogP contribution in [0.3, 0.4) is 0 Å². The average molecular weight is 531 g/mol. The van der Waals surface area contributed by atoms with Gasteiger partial charge in [0.05, 0.1) is 24.8 Å². The lowest BCUT2D eigenvalue weighted by molar-refractivity contribution is 0.0730. The van der Waals surface area contributed by atoms with Gasteiger partial charge in [-0.1, -0.05) is 60.7 Å². The number of sulfonamides is 1. The average Bonchev–Trinajstić information content (AvgIpc) is 2.96. The van der Waals surface area contributed by atoms with E-state index in [1.165, 1.54) is 37.7 Å². The molecule has 0 heterocycles. The molecule has 0 N–H and O–H groups in total. The number of carbonyl (C=O) groups excluding carboxylic acids is 1. The molecule has 0 aliphatic heterocycles. The van der Waals surface area contributed by atoms with Gasteiger partial charge in [0.25, 0.3) is 15.9 Å². The fourth-order valence-corrected chi connectivity index (χ4v) is 5.29. The first-order chi connectivity index (χ1) is 18.3. The highest BCUT2D eigenvalue weighted by Crippen LogP contribution is 2.31. The topological polar surface area (TPSA) is 76.2 Å². The van der Waals surface area contributed by atoms with Crippen LogP contribution >= 0.6 is 0 Å². The van der Waals surface area contributed by atoms with Crippen LogP contribution in [0.25, 0.3) is 0 Å². The summed E-state index contributed by atoms with van der Waals surface area (Å²) in [5.74, 6) is 0.613. The molecule has 0 bridgehead atoms. The predicted octanol–water partition coefficient (Wildman–Crippen LogP) is 5.37. The smallest absolute Gasteiger partial charge is 0.264 e. The summed E-state index contributed by atoms with van der Waals surface area (Å²) in [5, 5.41) is 0. The minimum Gasteiger partial charge on any atom is -0.493 e. The molecule has 7 nitrogen and oxygen atoms in total. The molecule has 0 saturated heterocycles. The predicted molar refractivity (Wildman–Crippen MR) is 148 cm³/mol. The number of carbonyl (C=O) groups is 1. The fourth-order valence-electron chi connectivity index (χ4n) is 4.08. The van der Waals surface area contributed by atoms with Gasteiger partial charge in [-0.15, -0.1) is 0 Å². The van der Waals surface area contributed by atoms with Crippen molar-refractivity contribution in [2.24, 2.45) is 0 Å². The molecule has 4 rings (SSSR count). The number of amides is 1. The second-order valence-electron chi connectivity index (χ2n) is 8.67. The number of benzene rings is 4. The number of hydrogen-bond acceptors (Lipinski definition) is 5. The lowest BCUT2D eigenvalue weighted by Crippen LogP contribution is -2.30. The number of hydrogen-bond donors (Lipinski definition) is 0. The lowest BCUT2D eigenvalue weighted by atomic mass is 10.1. The van der Waals surface area contributed by atoms with Crippen molar-refractivity contribution in [3.8, 4) is 11.5 Å². The second-order valence-corrected chi connectivity index (χ2v) is 10.6. The van der Waals surface area contributed by atoms with Crippen LogP contribution in [0.2, 0.25) is 0 Å². The maximum atomic E-state index is 13.6. The molecule has 1 amide bonds. The van der Waals surface area contributed by atoms with E-state index in [9.17, 15) is 13.2 Å². The van der Waals surface area contributed by atoms with Crippen LogP contribution in [-0.2, 0) is 23.1 Å². The van der Waals surface area contributed by atoms with Crippen molar-refractivity contribution in [1.82, 2.24) is 4.90 Å². The first kappa shape index (κ1) is 26.8. The third kappa shape index (κ3) is 5.98. The highest BCUT2D eigenvalue weighted by Gasteiger charge is 2.24. The van der Waals surface area contributed by atoms with Crippen molar-refractivity contribution in [2.45, 2.75) is 18.0 Å². The molecule has 4 aromatic carbocycles. The van der Waals surface area contributed by atoms with Crippen molar-refractivity contribution >= 4 is 21.6 Å². The van der Waals surface area contributed by atoms with Crippen molar-refractivity contribution in [3.05, 3.63) is 120 Å². The van der Waals surface area contributed by atoms with Crippen LogP contribution in [0.1, 0.15) is 21.5 Å². The molecule has 0 atom stereocenters. The Morgan fingerprint density at radius 1 is 0.711 bits per heavy atom. The van der Waals surface area contributed by atoms with Crippen molar-refractivity contribution in [2.75, 3.05) is 25.6 Å². The summed E-state index contributed by atoms with van der Waals surface area (Å²) in [6, 6.07) is 30.7. The molecule has 0 saturated carbocycles. The zero-order valence-electron chi connectivity index (χ0n) is 21.6. The molecule has 0 aliphatic carbocycles. The van der Waals surface area contributed by atoms with Crippen LogP contribution in [-0.4, -0.2) is 40.5 Å². The molecule has 0 aliphatic rings. The Labute approximate surface area is 223 Å². The summed E-state index contributed by atoms with van der Waals surface area (Å²) < 4.78 is 38.2. The van der Waals surface area contributed by atoms with E-state index in [1.807, 2.05) is 60.7 Å². The highest BCUT2D eigenvalue weighted by molar-refractivity contribution is 7.92. The maximum absolute atomic E-state index is 13.6. The van der Waals surface area contributed by atoms with Crippen molar-refractivity contribution in [1.29, 1.82) is 0 Å². The molecule has 0 unspecified atom stereocenters. The van der Waals surface area contributed by atoms with Gasteiger partial charge in [0.1, 0.15) is 0 Å². The third-order valence-electron chi connectivity index (χ3n) is 6.21. The van der Waals surface area contributed by atoms with E-state index in [-0.39, 0.29) is 10.8 Å². The highest BCUT2D eigenvalue weighted by atomic mass is 32.2. The van der Waals surface area contributed by atoms with Gasteiger partial charge >= 0.3 is 0 Å². The van der Waals surface area contributed by atoms with Gasteiger partial charge in [-0.25, -0.2) is 8.42 Å². The Morgan fingerprint density at radius 2 is 1.24 bits per heavy atom. The molecular formula is C30H30N2O5S. The number of methoxy groups -OCH3 is 2. The molecule has 196 valence electrons. The Kier molecular flexibility index (Phi) is 8.33. The molecule has 0 spiro atoms. The lowest BCUT2D eigenvalue weighted by Gasteiger charge is -2.24. The fraction of sp³-hybridized carbons (Fsp3) is 0.167. The van der Waals surface area contributed by atoms with Gasteiger partial charge in [0, 0.05) is 31.8 Å². The van der Waals surface area contributed by atoms with Gasteiger partial charge in [-0.05, 0) is 47.5 Å². The van der Waals surface area contributed by atoms with Gasteiger partial charge in [-0.2, -0.15) is 0 Å². The zero-order chi connectivity index (χ0) is 27.1. The summed E-state index contributed by atoms with van der Waals surface area (Å²) in [6.07, 6.45) is 0. The van der Waals surface area contributed by atoms with E-state index < -0.39 is 10.0 Å². The Hall–Kier alpha value is -4.30. The first-order valence-corrected chi connectivity index (χ1v) is 13.5. The Morgan fingerprint density at radius 3 is 1.74 bits per heavy atom. The van der Waals surface area contributed by atoms with Crippen molar-refractivity contribution < 1.29 is 22.7 Å². The summed E-state index contributed by atoms with van der Waals surface area (Å²) in [7, 11) is 0.533. The largest absolute Gasteiger partial charge is 0.493 e. The number of anilines is 1. The Bertz CT molecular complexity index is 1430. The van der Waals surface area contributed by atoms with E-state index in [0.717, 1.165) is 11.1 Å². The molecule has 0 aromatic heterocycles. The minimum absolute atomic E-state index is 0.0645. The molecule has 38 heavy (non-hydrogen) atoms. The SMILES string of the molecule is COc1ccc(S(=O)(=O)N(C)c2ccc(C(=O)N(Cc3ccccc3)Cc3ccccc3)cc2)cc1OC. The standard InChI is InChI=1S/C30H30N2O5S/c1-31(38(34,35)27-18-19-28(36-2)29(20-27)37-3)26-16-14-25(15-17-26)30(33)32(21-23-10-6-4-7-11-23)22-24-12-8-5-9-13-24/h4-20H,21-22H2,1-3H3. The van der Waals surface area contributed by atoms with Crippen LogP contribution < -0.4 is 13.8 Å². The zero-order valence-corrected chi connectivity index (χ0v) is 22.4. The van der Waals surface area contributed by atoms with Gasteiger partial charge < -0.3 is 14.4 Å². The molecule has 0 radical (unpaired) electrons. The number of rotatable bonds is 10. The van der Waals surface area contributed by atoms with E-state index in [0.29, 0.717) is 35.8 Å². The summed E-state index contributed by atoms with van der Waals surface area (Å²) >= 11 is 0. The normalized spacial score (nSPS) is 11.0. The van der Waals surface area contributed by atoms with Crippen LogP contribution in [0.15, 0.2) is 108 Å². The first-order valence-electron chi connectivity index (χ1n) is 12.0. The quantitative estimate of drug-likeness (QED) is 0.276.